The van der Waals surface area contributed by atoms with Crippen LogP contribution in [-0.2, 0) is 13.6 Å². The fourth-order valence-corrected chi connectivity index (χ4v) is 8.43. The van der Waals surface area contributed by atoms with Crippen LogP contribution < -0.4 is 0 Å². The molecule has 0 bridgehead atoms. The second-order valence-electron chi connectivity index (χ2n) is 11.2. The van der Waals surface area contributed by atoms with Gasteiger partial charge in [-0.1, -0.05) is 92.9 Å². The maximum absolute atomic E-state index is 13.1. The van der Waals surface area contributed by atoms with Crippen molar-refractivity contribution < 1.29 is 18.5 Å². The highest BCUT2D eigenvalue weighted by molar-refractivity contribution is 7.47. The first kappa shape index (κ1) is 29.3. The van der Waals surface area contributed by atoms with E-state index in [2.05, 4.69) is 41.5 Å². The van der Waals surface area contributed by atoms with Crippen molar-refractivity contribution in [3.05, 3.63) is 0 Å². The van der Waals surface area contributed by atoms with Crippen molar-refractivity contribution in [2.24, 2.45) is 35.5 Å². The summed E-state index contributed by atoms with van der Waals surface area (Å²) in [5.41, 5.74) is 0. The van der Waals surface area contributed by atoms with Crippen molar-refractivity contribution in [3.63, 3.8) is 0 Å². The maximum Gasteiger partial charge on any atom is 0.472 e. The standard InChI is InChI=1S/C28H55O4P/c1-7-13-15-27-21(9-3)17-25(18-22(27)10-4)31-33(29,30)32-26-19-23(11-5)28(16-14-8-2)24(12-6)20-26/h21-28H,7-20H2,1-6H3,(H,29,30). The van der Waals surface area contributed by atoms with Gasteiger partial charge in [0.25, 0.3) is 0 Å². The minimum atomic E-state index is -4.06. The molecule has 0 aromatic carbocycles. The molecule has 1 N–H and O–H groups in total. The molecule has 0 saturated heterocycles. The second-order valence-corrected chi connectivity index (χ2v) is 12.5. The van der Waals surface area contributed by atoms with Crippen LogP contribution in [0, 0.1) is 35.5 Å². The van der Waals surface area contributed by atoms with E-state index in [4.69, 9.17) is 9.05 Å². The molecule has 4 atom stereocenters. The Hall–Kier alpha value is 0.110. The lowest BCUT2D eigenvalue weighted by Gasteiger charge is -2.43. The lowest BCUT2D eigenvalue weighted by Crippen LogP contribution is -2.37. The molecule has 4 nitrogen and oxygen atoms in total. The van der Waals surface area contributed by atoms with Gasteiger partial charge in [-0.3, -0.25) is 9.05 Å². The highest BCUT2D eigenvalue weighted by atomic mass is 31.2. The zero-order chi connectivity index (χ0) is 24.4. The van der Waals surface area contributed by atoms with E-state index in [1.165, 1.54) is 38.5 Å². The molecule has 0 heterocycles. The van der Waals surface area contributed by atoms with Gasteiger partial charge in [-0.05, 0) is 74.0 Å². The minimum absolute atomic E-state index is 0.154. The quantitative estimate of drug-likeness (QED) is 0.249. The largest absolute Gasteiger partial charge is 0.472 e. The van der Waals surface area contributed by atoms with E-state index in [0.29, 0.717) is 23.7 Å². The van der Waals surface area contributed by atoms with Crippen molar-refractivity contribution in [3.8, 4) is 0 Å². The number of unbranched alkanes of at least 4 members (excludes halogenated alkanes) is 2. The zero-order valence-electron chi connectivity index (χ0n) is 22.6. The second kappa shape index (κ2) is 14.6. The summed E-state index contributed by atoms with van der Waals surface area (Å²) < 4.78 is 25.0. The van der Waals surface area contributed by atoms with Gasteiger partial charge in [0.15, 0.2) is 0 Å². The molecule has 33 heavy (non-hydrogen) atoms. The summed E-state index contributed by atoms with van der Waals surface area (Å²) in [5.74, 6) is 3.80. The van der Waals surface area contributed by atoms with E-state index in [-0.39, 0.29) is 12.2 Å². The number of hydrogen-bond acceptors (Lipinski definition) is 3. The average Bonchev–Trinajstić information content (AvgIpc) is 2.80. The van der Waals surface area contributed by atoms with Crippen LogP contribution in [0.5, 0.6) is 0 Å². The molecule has 0 radical (unpaired) electrons. The Labute approximate surface area is 205 Å². The molecule has 4 unspecified atom stereocenters. The molecule has 2 aliphatic rings. The summed E-state index contributed by atoms with van der Waals surface area (Å²) >= 11 is 0. The molecule has 0 aromatic rings. The smallest absolute Gasteiger partial charge is 0.302 e. The van der Waals surface area contributed by atoms with Gasteiger partial charge < -0.3 is 4.89 Å². The lowest BCUT2D eigenvalue weighted by molar-refractivity contribution is -0.0192. The average molecular weight is 487 g/mol. The summed E-state index contributed by atoms with van der Waals surface area (Å²) in [5, 5.41) is 0. The van der Waals surface area contributed by atoms with Gasteiger partial charge in [-0.15, -0.1) is 0 Å². The van der Waals surface area contributed by atoms with Gasteiger partial charge in [0, 0.05) is 0 Å². The van der Waals surface area contributed by atoms with Crippen molar-refractivity contribution in [1.29, 1.82) is 0 Å². The third kappa shape index (κ3) is 8.62. The number of phosphoric acid groups is 1. The van der Waals surface area contributed by atoms with E-state index in [1.54, 1.807) is 0 Å². The monoisotopic (exact) mass is 486 g/mol. The van der Waals surface area contributed by atoms with Crippen LogP contribution in [-0.4, -0.2) is 17.1 Å². The van der Waals surface area contributed by atoms with Crippen LogP contribution in [0.1, 0.15) is 131 Å². The van der Waals surface area contributed by atoms with Crippen LogP contribution in [0.15, 0.2) is 0 Å². The van der Waals surface area contributed by atoms with E-state index in [0.717, 1.165) is 63.2 Å². The normalized spacial score (nSPS) is 37.1. The summed E-state index contributed by atoms with van der Waals surface area (Å²) in [6, 6.07) is 0. The zero-order valence-corrected chi connectivity index (χ0v) is 23.5. The Morgan fingerprint density at radius 1 is 0.636 bits per heavy atom. The van der Waals surface area contributed by atoms with Crippen molar-refractivity contribution in [2.45, 2.75) is 144 Å². The number of hydrogen-bond donors (Lipinski definition) is 1. The molecule has 196 valence electrons. The summed E-state index contributed by atoms with van der Waals surface area (Å²) in [6.07, 6.45) is 15.4. The van der Waals surface area contributed by atoms with E-state index in [9.17, 15) is 9.46 Å². The number of rotatable bonds is 14. The predicted molar refractivity (Wildman–Crippen MR) is 139 cm³/mol. The summed E-state index contributed by atoms with van der Waals surface area (Å²) in [4.78, 5) is 10.8. The summed E-state index contributed by atoms with van der Waals surface area (Å²) in [7, 11) is -4.06. The van der Waals surface area contributed by atoms with E-state index in [1.807, 2.05) is 0 Å². The molecular formula is C28H55O4P. The van der Waals surface area contributed by atoms with Crippen molar-refractivity contribution >= 4 is 7.82 Å². The van der Waals surface area contributed by atoms with Crippen LogP contribution in [0.4, 0.5) is 0 Å². The molecule has 2 saturated carbocycles. The Morgan fingerprint density at radius 2 is 0.939 bits per heavy atom. The van der Waals surface area contributed by atoms with Crippen LogP contribution in [0.2, 0.25) is 0 Å². The highest BCUT2D eigenvalue weighted by Gasteiger charge is 2.42. The molecule has 2 rings (SSSR count). The third-order valence-corrected chi connectivity index (χ3v) is 10.3. The molecule has 0 aliphatic heterocycles. The third-order valence-electron chi connectivity index (χ3n) is 9.13. The van der Waals surface area contributed by atoms with Gasteiger partial charge >= 0.3 is 7.82 Å². The fourth-order valence-electron chi connectivity index (χ4n) is 7.29. The Kier molecular flexibility index (Phi) is 13.0. The minimum Gasteiger partial charge on any atom is -0.302 e. The Balaban J connectivity index is 2.00. The number of phosphoric ester groups is 1. The van der Waals surface area contributed by atoms with Crippen molar-refractivity contribution in [1.82, 2.24) is 0 Å². The molecule has 5 heteroatoms. The highest BCUT2D eigenvalue weighted by Crippen LogP contribution is 2.54. The van der Waals surface area contributed by atoms with Crippen LogP contribution in [0.3, 0.4) is 0 Å². The molecule has 0 aromatic heterocycles. The van der Waals surface area contributed by atoms with Gasteiger partial charge in [0.05, 0.1) is 12.2 Å². The van der Waals surface area contributed by atoms with E-state index < -0.39 is 7.82 Å². The molecule has 0 amide bonds. The summed E-state index contributed by atoms with van der Waals surface area (Å²) in [6.45, 7) is 13.6. The maximum atomic E-state index is 13.1. The van der Waals surface area contributed by atoms with E-state index >= 15 is 0 Å². The van der Waals surface area contributed by atoms with Crippen LogP contribution in [0.25, 0.3) is 0 Å². The SMILES string of the molecule is CCCCC1C(CC)CC(OP(=O)(O)OC2CC(CC)C(CCCC)C(CC)C2)CC1CC. The van der Waals surface area contributed by atoms with Crippen molar-refractivity contribution in [2.75, 3.05) is 0 Å². The van der Waals surface area contributed by atoms with Crippen LogP contribution >= 0.6 is 7.82 Å². The Bertz CT molecular complexity index is 508. The Morgan fingerprint density at radius 3 is 1.18 bits per heavy atom. The van der Waals surface area contributed by atoms with Gasteiger partial charge in [0.2, 0.25) is 0 Å². The first-order chi connectivity index (χ1) is 15.8. The fraction of sp³-hybridized carbons (Fsp3) is 1.00. The first-order valence-electron chi connectivity index (χ1n) is 14.5. The van der Waals surface area contributed by atoms with Gasteiger partial charge in [-0.25, -0.2) is 4.57 Å². The van der Waals surface area contributed by atoms with Gasteiger partial charge in [-0.2, -0.15) is 0 Å². The molecular weight excluding hydrogens is 431 g/mol. The molecule has 0 spiro atoms. The van der Waals surface area contributed by atoms with Gasteiger partial charge in [0.1, 0.15) is 0 Å². The predicted octanol–water partition coefficient (Wildman–Crippen LogP) is 9.16. The first-order valence-corrected chi connectivity index (χ1v) is 16.0. The molecule has 2 aliphatic carbocycles. The topological polar surface area (TPSA) is 55.8 Å². The lowest BCUT2D eigenvalue weighted by atomic mass is 9.67. The molecule has 2 fully saturated rings.